The molecular formula is C20H16ClN5OS. The molecule has 1 aliphatic heterocycles. The number of hydrogen-bond acceptors (Lipinski definition) is 6. The number of halogens is 1. The summed E-state index contributed by atoms with van der Waals surface area (Å²) in [5.74, 6) is -0.269. The molecule has 0 bridgehead atoms. The van der Waals surface area contributed by atoms with Crippen LogP contribution in [0.25, 0.3) is 11.3 Å². The molecule has 1 aromatic heterocycles. The maximum Gasteiger partial charge on any atom is 0.282 e. The van der Waals surface area contributed by atoms with Crippen molar-refractivity contribution in [2.24, 2.45) is 15.3 Å². The predicted octanol–water partition coefficient (Wildman–Crippen LogP) is 5.65. The van der Waals surface area contributed by atoms with Crippen LogP contribution >= 0.6 is 22.9 Å². The van der Waals surface area contributed by atoms with Crippen molar-refractivity contribution in [2.75, 3.05) is 5.01 Å². The standard InChI is InChI=1S/C20H16ClN5OS/c1-12-15(21)9-6-10-16(12)23-24-18-13(2)25-26(19(18)27)20-22-17(11-28-20)14-7-4-3-5-8-14/h3-11,18H,1-2H3/t18-/m0/s1. The Kier molecular flexibility index (Phi) is 5.02. The number of carbonyl (C=O) groups excluding carboxylic acids is 1. The van der Waals surface area contributed by atoms with Gasteiger partial charge in [-0.2, -0.15) is 20.3 Å². The van der Waals surface area contributed by atoms with Gasteiger partial charge in [-0.1, -0.05) is 48.0 Å². The lowest BCUT2D eigenvalue weighted by Gasteiger charge is -2.08. The average molecular weight is 410 g/mol. The van der Waals surface area contributed by atoms with Crippen LogP contribution in [0.3, 0.4) is 0 Å². The highest BCUT2D eigenvalue weighted by atomic mass is 35.5. The first kappa shape index (κ1) is 18.5. The average Bonchev–Trinajstić information content (AvgIpc) is 3.29. The first-order valence-corrected chi connectivity index (χ1v) is 9.86. The number of hydrogen-bond donors (Lipinski definition) is 0. The molecule has 0 unspecified atom stereocenters. The molecule has 28 heavy (non-hydrogen) atoms. The maximum absolute atomic E-state index is 12.8. The highest BCUT2D eigenvalue weighted by Crippen LogP contribution is 2.31. The normalized spacial score (nSPS) is 16.8. The Morgan fingerprint density at radius 3 is 2.68 bits per heavy atom. The van der Waals surface area contributed by atoms with Gasteiger partial charge in [0.1, 0.15) is 0 Å². The van der Waals surface area contributed by atoms with Crippen molar-refractivity contribution in [3.05, 3.63) is 64.5 Å². The number of benzene rings is 2. The molecule has 0 fully saturated rings. The number of nitrogens with zero attached hydrogens (tertiary/aromatic N) is 5. The van der Waals surface area contributed by atoms with Gasteiger partial charge in [0.15, 0.2) is 6.04 Å². The molecule has 0 radical (unpaired) electrons. The summed E-state index contributed by atoms with van der Waals surface area (Å²) in [7, 11) is 0. The van der Waals surface area contributed by atoms with E-state index in [-0.39, 0.29) is 5.91 Å². The summed E-state index contributed by atoms with van der Waals surface area (Å²) in [6.07, 6.45) is 0. The molecule has 1 atom stereocenters. The maximum atomic E-state index is 12.8. The zero-order chi connectivity index (χ0) is 19.7. The molecule has 2 aromatic carbocycles. The van der Waals surface area contributed by atoms with Crippen LogP contribution in [0.4, 0.5) is 10.8 Å². The monoisotopic (exact) mass is 409 g/mol. The fourth-order valence-corrected chi connectivity index (χ4v) is 3.71. The molecule has 1 amide bonds. The molecule has 0 saturated heterocycles. The zero-order valence-electron chi connectivity index (χ0n) is 15.2. The number of carbonyl (C=O) groups is 1. The number of rotatable bonds is 4. The summed E-state index contributed by atoms with van der Waals surface area (Å²) in [4.78, 5) is 17.4. The van der Waals surface area contributed by atoms with Crippen LogP contribution in [0.1, 0.15) is 12.5 Å². The van der Waals surface area contributed by atoms with Crippen molar-refractivity contribution in [1.29, 1.82) is 0 Å². The van der Waals surface area contributed by atoms with Crippen LogP contribution in [0.5, 0.6) is 0 Å². The number of hydrazone groups is 1. The number of aromatic nitrogens is 1. The molecular weight excluding hydrogens is 394 g/mol. The van der Waals surface area contributed by atoms with Gasteiger partial charge < -0.3 is 0 Å². The number of anilines is 1. The molecule has 0 N–H and O–H groups in total. The number of thiazole rings is 1. The van der Waals surface area contributed by atoms with Gasteiger partial charge in [-0.05, 0) is 31.5 Å². The first-order valence-electron chi connectivity index (χ1n) is 8.60. The fraction of sp³-hybridized carbons (Fsp3) is 0.150. The topological polar surface area (TPSA) is 70.3 Å². The Labute approximate surface area is 171 Å². The molecule has 0 spiro atoms. The molecule has 0 aliphatic carbocycles. The molecule has 6 nitrogen and oxygen atoms in total. The van der Waals surface area contributed by atoms with E-state index in [1.165, 1.54) is 16.3 Å². The van der Waals surface area contributed by atoms with Gasteiger partial charge in [0.05, 0.1) is 17.1 Å². The van der Waals surface area contributed by atoms with Crippen LogP contribution in [0, 0.1) is 6.92 Å². The lowest BCUT2D eigenvalue weighted by molar-refractivity contribution is -0.117. The van der Waals surface area contributed by atoms with Crippen LogP contribution in [0.15, 0.2) is 69.2 Å². The SMILES string of the molecule is CC1=NN(c2nc(-c3ccccc3)cs2)C(=O)[C@H]1N=Nc1cccc(Cl)c1C. The van der Waals surface area contributed by atoms with Gasteiger partial charge in [-0.3, -0.25) is 4.79 Å². The van der Waals surface area contributed by atoms with E-state index >= 15 is 0 Å². The van der Waals surface area contributed by atoms with E-state index in [1.807, 2.05) is 42.6 Å². The fourth-order valence-electron chi connectivity index (χ4n) is 2.75. The van der Waals surface area contributed by atoms with Crippen molar-refractivity contribution in [3.8, 4) is 11.3 Å². The molecule has 8 heteroatoms. The molecule has 0 saturated carbocycles. The second-order valence-corrected chi connectivity index (χ2v) is 7.52. The summed E-state index contributed by atoms with van der Waals surface area (Å²) in [6, 6.07) is 14.4. The Bertz CT molecular complexity index is 1090. The quantitative estimate of drug-likeness (QED) is 0.522. The predicted molar refractivity (Wildman–Crippen MR) is 113 cm³/mol. The second kappa shape index (κ2) is 7.61. The summed E-state index contributed by atoms with van der Waals surface area (Å²) in [5, 5.41) is 17.1. The molecule has 140 valence electrons. The van der Waals surface area contributed by atoms with Gasteiger partial charge in [0.25, 0.3) is 5.91 Å². The third kappa shape index (κ3) is 3.46. The zero-order valence-corrected chi connectivity index (χ0v) is 16.8. The Morgan fingerprint density at radius 1 is 1.11 bits per heavy atom. The van der Waals surface area contributed by atoms with E-state index in [2.05, 4.69) is 20.3 Å². The van der Waals surface area contributed by atoms with Crippen molar-refractivity contribution >= 4 is 45.4 Å². The van der Waals surface area contributed by atoms with E-state index in [4.69, 9.17) is 11.6 Å². The van der Waals surface area contributed by atoms with Crippen molar-refractivity contribution in [2.45, 2.75) is 19.9 Å². The first-order chi connectivity index (χ1) is 13.5. The minimum absolute atomic E-state index is 0.269. The van der Waals surface area contributed by atoms with Crippen molar-refractivity contribution in [3.63, 3.8) is 0 Å². The van der Waals surface area contributed by atoms with Crippen molar-refractivity contribution in [1.82, 2.24) is 4.98 Å². The smallest absolute Gasteiger partial charge is 0.269 e. The highest BCUT2D eigenvalue weighted by Gasteiger charge is 2.36. The summed E-state index contributed by atoms with van der Waals surface area (Å²) in [5.41, 5.74) is 3.82. The van der Waals surface area contributed by atoms with Crippen LogP contribution in [-0.2, 0) is 4.79 Å². The van der Waals surface area contributed by atoms with Gasteiger partial charge >= 0.3 is 0 Å². The van der Waals surface area contributed by atoms with Crippen LogP contribution in [-0.4, -0.2) is 22.6 Å². The molecule has 1 aliphatic rings. The highest BCUT2D eigenvalue weighted by molar-refractivity contribution is 7.14. The Morgan fingerprint density at radius 2 is 1.89 bits per heavy atom. The minimum Gasteiger partial charge on any atom is -0.269 e. The minimum atomic E-state index is -0.762. The summed E-state index contributed by atoms with van der Waals surface area (Å²) in [6.45, 7) is 3.62. The van der Waals surface area contributed by atoms with E-state index in [0.717, 1.165) is 16.8 Å². The number of amides is 1. The molecule has 4 rings (SSSR count). The van der Waals surface area contributed by atoms with Gasteiger partial charge in [0, 0.05) is 16.0 Å². The van der Waals surface area contributed by atoms with Crippen LogP contribution in [0.2, 0.25) is 5.02 Å². The lowest BCUT2D eigenvalue weighted by atomic mass is 10.2. The van der Waals surface area contributed by atoms with Crippen LogP contribution < -0.4 is 5.01 Å². The molecule has 2 heterocycles. The van der Waals surface area contributed by atoms with Gasteiger partial charge in [-0.25, -0.2) is 4.98 Å². The summed E-state index contributed by atoms with van der Waals surface area (Å²) >= 11 is 7.48. The third-order valence-electron chi connectivity index (χ3n) is 4.36. The van der Waals surface area contributed by atoms with E-state index < -0.39 is 6.04 Å². The Hall–Kier alpha value is -2.90. The second-order valence-electron chi connectivity index (χ2n) is 6.27. The van der Waals surface area contributed by atoms with Crippen molar-refractivity contribution < 1.29 is 4.79 Å². The van der Waals surface area contributed by atoms with E-state index in [0.29, 0.717) is 21.6 Å². The van der Waals surface area contributed by atoms with E-state index in [1.54, 1.807) is 25.1 Å². The Balaban J connectivity index is 1.56. The van der Waals surface area contributed by atoms with E-state index in [9.17, 15) is 4.79 Å². The number of azo groups is 1. The molecule has 3 aromatic rings. The lowest BCUT2D eigenvalue weighted by Crippen LogP contribution is -2.29. The van der Waals surface area contributed by atoms with Gasteiger partial charge in [0.2, 0.25) is 5.13 Å². The largest absolute Gasteiger partial charge is 0.282 e. The third-order valence-corrected chi connectivity index (χ3v) is 5.58. The van der Waals surface area contributed by atoms with Gasteiger partial charge in [-0.15, -0.1) is 11.3 Å². The summed E-state index contributed by atoms with van der Waals surface area (Å²) < 4.78 is 0.